The minimum Gasteiger partial charge on any atom is -0.493 e. The van der Waals surface area contributed by atoms with E-state index in [0.717, 1.165) is 56.8 Å². The molecule has 2 heterocycles. The van der Waals surface area contributed by atoms with Gasteiger partial charge in [-0.1, -0.05) is 38.5 Å². The largest absolute Gasteiger partial charge is 0.493 e. The van der Waals surface area contributed by atoms with Crippen LogP contribution < -0.4 is 29.6 Å². The van der Waals surface area contributed by atoms with E-state index in [1.807, 2.05) is 32.0 Å². The summed E-state index contributed by atoms with van der Waals surface area (Å²) in [4.78, 5) is 27.3. The SMILES string of the molecule is CCN(CC)CCOc1ccc(Oc2nc(Nc3ccc(OCCCN4CCCCC4)c(F)c3)ncc2C(=O)Nc2c(C)cccc2C)c(OC)c1. The van der Waals surface area contributed by atoms with Crippen LogP contribution in [0.1, 0.15) is 61.0 Å². The van der Waals surface area contributed by atoms with Gasteiger partial charge in [0.25, 0.3) is 5.91 Å². The van der Waals surface area contributed by atoms with Crippen LogP contribution in [0, 0.1) is 19.7 Å². The standard InChI is InChI=1S/C40H51FN6O5/c1-6-46(7-2)22-24-50-31-16-18-35(36(26-31)49-5)52-39-32(38(48)44-37-28(3)13-11-14-29(37)4)27-42-40(45-39)43-30-15-17-34(33(41)25-30)51-23-12-21-47-19-9-8-10-20-47/h11,13-18,25-27H,6-10,12,19-24H2,1-5H3,(H,44,48)(H,42,43,45). The number of amides is 1. The molecule has 1 aromatic heterocycles. The van der Waals surface area contributed by atoms with E-state index in [-0.39, 0.29) is 23.1 Å². The van der Waals surface area contributed by atoms with Gasteiger partial charge < -0.3 is 39.4 Å². The number of aromatic nitrogens is 2. The van der Waals surface area contributed by atoms with Gasteiger partial charge in [-0.2, -0.15) is 4.98 Å². The molecule has 0 atom stereocenters. The zero-order valence-corrected chi connectivity index (χ0v) is 31.0. The van der Waals surface area contributed by atoms with Crippen molar-refractivity contribution >= 4 is 23.2 Å². The lowest BCUT2D eigenvalue weighted by Gasteiger charge is -2.26. The summed E-state index contributed by atoms with van der Waals surface area (Å²) in [5.74, 6) is 0.620. The summed E-state index contributed by atoms with van der Waals surface area (Å²) in [6.07, 6.45) is 5.97. The number of methoxy groups -OCH3 is 1. The molecule has 11 nitrogen and oxygen atoms in total. The minimum atomic E-state index is -0.506. The number of piperidine rings is 1. The average Bonchev–Trinajstić information content (AvgIpc) is 3.15. The first kappa shape index (κ1) is 38.3. The number of para-hydroxylation sites is 1. The predicted molar refractivity (Wildman–Crippen MR) is 202 cm³/mol. The fraction of sp³-hybridized carbons (Fsp3) is 0.425. The maximum atomic E-state index is 15.1. The Bertz CT molecular complexity index is 1760. The van der Waals surface area contributed by atoms with Gasteiger partial charge in [0.15, 0.2) is 23.1 Å². The molecule has 4 aromatic rings. The van der Waals surface area contributed by atoms with Crippen LogP contribution in [-0.2, 0) is 0 Å². The average molecular weight is 715 g/mol. The van der Waals surface area contributed by atoms with Crippen molar-refractivity contribution in [1.82, 2.24) is 19.8 Å². The van der Waals surface area contributed by atoms with Crippen molar-refractivity contribution in [1.29, 1.82) is 0 Å². The Morgan fingerprint density at radius 1 is 0.923 bits per heavy atom. The smallest absolute Gasteiger partial charge is 0.262 e. The molecule has 5 rings (SSSR count). The van der Waals surface area contributed by atoms with Gasteiger partial charge in [0.2, 0.25) is 11.8 Å². The molecule has 12 heteroatoms. The van der Waals surface area contributed by atoms with Gasteiger partial charge in [0, 0.05) is 42.8 Å². The Morgan fingerprint density at radius 3 is 2.38 bits per heavy atom. The molecule has 0 unspecified atom stereocenters. The molecule has 1 aliphatic heterocycles. The first-order valence-electron chi connectivity index (χ1n) is 18.1. The third kappa shape index (κ3) is 10.5. The predicted octanol–water partition coefficient (Wildman–Crippen LogP) is 8.00. The van der Waals surface area contributed by atoms with E-state index in [1.54, 1.807) is 30.3 Å². The lowest BCUT2D eigenvalue weighted by atomic mass is 10.1. The number of carbonyl (C=O) groups is 1. The zero-order chi connectivity index (χ0) is 36.9. The molecular formula is C40H51FN6O5. The third-order valence-electron chi connectivity index (χ3n) is 9.14. The molecule has 2 N–H and O–H groups in total. The summed E-state index contributed by atoms with van der Waals surface area (Å²) in [6, 6.07) is 15.6. The second-order valence-electron chi connectivity index (χ2n) is 12.8. The Hall–Kier alpha value is -4.94. The summed E-state index contributed by atoms with van der Waals surface area (Å²) in [7, 11) is 1.53. The number of benzene rings is 3. The molecule has 278 valence electrons. The van der Waals surface area contributed by atoms with Crippen molar-refractivity contribution in [2.75, 3.05) is 70.2 Å². The summed E-state index contributed by atoms with van der Waals surface area (Å²) >= 11 is 0. The third-order valence-corrected chi connectivity index (χ3v) is 9.14. The van der Waals surface area contributed by atoms with E-state index in [4.69, 9.17) is 18.9 Å². The minimum absolute atomic E-state index is 0.0242. The molecule has 0 saturated carbocycles. The van der Waals surface area contributed by atoms with Gasteiger partial charge in [0.1, 0.15) is 17.9 Å². The fourth-order valence-electron chi connectivity index (χ4n) is 6.09. The lowest BCUT2D eigenvalue weighted by Crippen LogP contribution is -2.31. The van der Waals surface area contributed by atoms with Gasteiger partial charge in [-0.05, 0) is 94.7 Å². The zero-order valence-electron chi connectivity index (χ0n) is 31.0. The van der Waals surface area contributed by atoms with Crippen LogP contribution in [0.25, 0.3) is 0 Å². The molecule has 0 bridgehead atoms. The molecule has 0 radical (unpaired) electrons. The molecule has 1 saturated heterocycles. The number of hydrogen-bond donors (Lipinski definition) is 2. The maximum Gasteiger partial charge on any atom is 0.262 e. The highest BCUT2D eigenvalue weighted by atomic mass is 19.1. The highest BCUT2D eigenvalue weighted by molar-refractivity contribution is 6.06. The quantitative estimate of drug-likeness (QED) is 0.0984. The molecular weight excluding hydrogens is 663 g/mol. The van der Waals surface area contributed by atoms with Crippen LogP contribution in [0.3, 0.4) is 0 Å². The van der Waals surface area contributed by atoms with Crippen molar-refractivity contribution < 1.29 is 28.1 Å². The number of halogens is 1. The summed E-state index contributed by atoms with van der Waals surface area (Å²) < 4.78 is 38.7. The van der Waals surface area contributed by atoms with Crippen LogP contribution in [0.2, 0.25) is 0 Å². The van der Waals surface area contributed by atoms with E-state index < -0.39 is 11.7 Å². The Morgan fingerprint density at radius 2 is 1.67 bits per heavy atom. The molecule has 1 aliphatic rings. The first-order chi connectivity index (χ1) is 25.3. The molecule has 1 amide bonds. The van der Waals surface area contributed by atoms with Crippen LogP contribution >= 0.6 is 0 Å². The Kier molecular flexibility index (Phi) is 14.0. The van der Waals surface area contributed by atoms with E-state index in [2.05, 4.69) is 44.2 Å². The summed E-state index contributed by atoms with van der Waals surface area (Å²) in [6.45, 7) is 14.9. The highest BCUT2D eigenvalue weighted by Crippen LogP contribution is 2.36. The molecule has 0 spiro atoms. The monoisotopic (exact) mass is 714 g/mol. The van der Waals surface area contributed by atoms with Crippen LogP contribution in [-0.4, -0.2) is 85.3 Å². The lowest BCUT2D eigenvalue weighted by molar-refractivity contribution is 0.102. The van der Waals surface area contributed by atoms with Crippen LogP contribution in [0.5, 0.6) is 28.9 Å². The van der Waals surface area contributed by atoms with E-state index in [1.165, 1.54) is 38.6 Å². The molecule has 3 aromatic carbocycles. The van der Waals surface area contributed by atoms with E-state index >= 15 is 4.39 Å². The molecule has 52 heavy (non-hydrogen) atoms. The number of rotatable bonds is 18. The number of ether oxygens (including phenoxy) is 4. The molecule has 1 fully saturated rings. The number of carbonyl (C=O) groups excluding carboxylic acids is 1. The highest BCUT2D eigenvalue weighted by Gasteiger charge is 2.21. The normalized spacial score (nSPS) is 13.1. The van der Waals surface area contributed by atoms with Crippen molar-refractivity contribution in [3.05, 3.63) is 83.3 Å². The number of anilines is 3. The van der Waals surface area contributed by atoms with Gasteiger partial charge in [-0.25, -0.2) is 9.37 Å². The van der Waals surface area contributed by atoms with Gasteiger partial charge >= 0.3 is 0 Å². The summed E-state index contributed by atoms with van der Waals surface area (Å²) in [5, 5.41) is 6.01. The molecule has 0 aliphatic carbocycles. The van der Waals surface area contributed by atoms with Gasteiger partial charge in [0.05, 0.1) is 13.7 Å². The second kappa shape index (κ2) is 19.1. The first-order valence-corrected chi connectivity index (χ1v) is 18.1. The number of likely N-dealkylation sites (tertiary alicyclic amines) is 1. The van der Waals surface area contributed by atoms with Gasteiger partial charge in [-0.3, -0.25) is 4.79 Å². The Labute approximate surface area is 306 Å². The van der Waals surface area contributed by atoms with Crippen molar-refractivity contribution in [2.45, 2.75) is 53.4 Å². The number of likely N-dealkylation sites (N-methyl/N-ethyl adjacent to an activating group) is 1. The van der Waals surface area contributed by atoms with Crippen LogP contribution in [0.15, 0.2) is 60.8 Å². The van der Waals surface area contributed by atoms with Crippen molar-refractivity contribution in [3.8, 4) is 28.9 Å². The number of nitrogens with zero attached hydrogens (tertiary/aromatic N) is 4. The van der Waals surface area contributed by atoms with Gasteiger partial charge in [-0.15, -0.1) is 0 Å². The fourth-order valence-corrected chi connectivity index (χ4v) is 6.09. The summed E-state index contributed by atoms with van der Waals surface area (Å²) in [5.41, 5.74) is 3.00. The topological polar surface area (TPSA) is 110 Å². The number of hydrogen-bond acceptors (Lipinski definition) is 10. The maximum absolute atomic E-state index is 15.1. The van der Waals surface area contributed by atoms with Crippen molar-refractivity contribution in [2.24, 2.45) is 0 Å². The number of aryl methyl sites for hydroxylation is 2. The Balaban J connectivity index is 1.33. The van der Waals surface area contributed by atoms with Crippen LogP contribution in [0.4, 0.5) is 21.7 Å². The van der Waals surface area contributed by atoms with Crippen molar-refractivity contribution in [3.63, 3.8) is 0 Å². The number of nitrogens with one attached hydrogen (secondary N) is 2. The second-order valence-corrected chi connectivity index (χ2v) is 12.8. The van der Waals surface area contributed by atoms with E-state index in [9.17, 15) is 4.79 Å². The van der Waals surface area contributed by atoms with E-state index in [0.29, 0.717) is 41.8 Å².